The monoisotopic (exact) mass is 489 g/mol. The lowest BCUT2D eigenvalue weighted by atomic mass is 9.87. The lowest BCUT2D eigenvalue weighted by molar-refractivity contribution is 0.280. The molecule has 0 aliphatic heterocycles. The SMILES string of the molecule is CC(C)(C)NCc1cc(Nc2ccnc3cc(Cl)ccc23)c2c(c1OP(=O)(O)O)CCCC2. The van der Waals surface area contributed by atoms with Gasteiger partial charge >= 0.3 is 7.82 Å². The third kappa shape index (κ3) is 5.86. The lowest BCUT2D eigenvalue weighted by Crippen LogP contribution is -2.35. The first-order chi connectivity index (χ1) is 15.5. The van der Waals surface area contributed by atoms with Gasteiger partial charge in [0.2, 0.25) is 0 Å². The maximum absolute atomic E-state index is 11.8. The van der Waals surface area contributed by atoms with E-state index in [1.807, 2.05) is 51.1 Å². The Balaban J connectivity index is 1.84. The highest BCUT2D eigenvalue weighted by Crippen LogP contribution is 2.46. The normalized spacial score (nSPS) is 14.2. The first-order valence-corrected chi connectivity index (χ1v) is 12.9. The zero-order chi connectivity index (χ0) is 23.8. The minimum atomic E-state index is -4.71. The third-order valence-corrected chi connectivity index (χ3v) is 6.33. The Morgan fingerprint density at radius 1 is 1.09 bits per heavy atom. The summed E-state index contributed by atoms with van der Waals surface area (Å²) < 4.78 is 17.1. The van der Waals surface area contributed by atoms with Gasteiger partial charge in [-0.1, -0.05) is 11.6 Å². The molecule has 33 heavy (non-hydrogen) atoms. The van der Waals surface area contributed by atoms with Gasteiger partial charge in [-0.2, -0.15) is 0 Å². The lowest BCUT2D eigenvalue weighted by Gasteiger charge is -2.28. The number of fused-ring (bicyclic) bond motifs is 2. The van der Waals surface area contributed by atoms with E-state index in [1.165, 1.54) is 0 Å². The Morgan fingerprint density at radius 2 is 1.82 bits per heavy atom. The largest absolute Gasteiger partial charge is 0.524 e. The van der Waals surface area contributed by atoms with Crippen LogP contribution in [-0.4, -0.2) is 20.3 Å². The zero-order valence-electron chi connectivity index (χ0n) is 19.0. The van der Waals surface area contributed by atoms with Crippen molar-refractivity contribution in [3.05, 3.63) is 58.2 Å². The molecule has 0 spiro atoms. The van der Waals surface area contributed by atoms with Crippen molar-refractivity contribution in [2.45, 2.75) is 58.5 Å². The van der Waals surface area contributed by atoms with Crippen molar-refractivity contribution in [2.24, 2.45) is 0 Å². The molecule has 2 aromatic carbocycles. The Hall–Kier alpha value is -2.15. The van der Waals surface area contributed by atoms with E-state index >= 15 is 0 Å². The van der Waals surface area contributed by atoms with Gasteiger partial charge in [-0.25, -0.2) is 4.57 Å². The summed E-state index contributed by atoms with van der Waals surface area (Å²) in [6.07, 6.45) is 5.19. The van der Waals surface area contributed by atoms with Crippen LogP contribution in [0.2, 0.25) is 5.02 Å². The van der Waals surface area contributed by atoms with Crippen LogP contribution in [0.1, 0.15) is 50.3 Å². The highest BCUT2D eigenvalue weighted by Gasteiger charge is 2.27. The van der Waals surface area contributed by atoms with E-state index in [0.717, 1.165) is 52.7 Å². The quantitative estimate of drug-likeness (QED) is 0.321. The van der Waals surface area contributed by atoms with Crippen LogP contribution in [0.15, 0.2) is 36.5 Å². The van der Waals surface area contributed by atoms with Crippen molar-refractivity contribution in [1.82, 2.24) is 10.3 Å². The second-order valence-electron chi connectivity index (χ2n) is 9.41. The molecule has 1 aliphatic carbocycles. The van der Waals surface area contributed by atoms with Gasteiger partial charge < -0.3 is 15.2 Å². The number of nitrogens with one attached hydrogen (secondary N) is 2. The van der Waals surface area contributed by atoms with Gasteiger partial charge in [-0.15, -0.1) is 0 Å². The van der Waals surface area contributed by atoms with E-state index < -0.39 is 7.82 Å². The Labute approximate surface area is 198 Å². The van der Waals surface area contributed by atoms with Crippen LogP contribution in [0, 0.1) is 0 Å². The molecular formula is C24H29ClN3O4P. The number of nitrogens with zero attached hydrogens (tertiary/aromatic N) is 1. The Morgan fingerprint density at radius 3 is 2.52 bits per heavy atom. The maximum Gasteiger partial charge on any atom is 0.524 e. The Bertz CT molecular complexity index is 1240. The van der Waals surface area contributed by atoms with Crippen LogP contribution in [0.4, 0.5) is 11.4 Å². The molecule has 0 amide bonds. The van der Waals surface area contributed by atoms with E-state index in [4.69, 9.17) is 16.1 Å². The molecule has 3 aromatic rings. The van der Waals surface area contributed by atoms with Crippen LogP contribution < -0.4 is 15.2 Å². The van der Waals surface area contributed by atoms with Gasteiger partial charge in [-0.3, -0.25) is 14.8 Å². The summed E-state index contributed by atoms with van der Waals surface area (Å²) in [5.74, 6) is 0.298. The van der Waals surface area contributed by atoms with Crippen LogP contribution in [-0.2, 0) is 24.0 Å². The minimum Gasteiger partial charge on any atom is -0.404 e. The van der Waals surface area contributed by atoms with Crippen molar-refractivity contribution in [1.29, 1.82) is 0 Å². The van der Waals surface area contributed by atoms with E-state index in [2.05, 4.69) is 15.6 Å². The predicted molar refractivity (Wildman–Crippen MR) is 132 cm³/mol. The molecule has 7 nitrogen and oxygen atoms in total. The molecule has 1 aliphatic rings. The van der Waals surface area contributed by atoms with E-state index in [-0.39, 0.29) is 5.54 Å². The van der Waals surface area contributed by atoms with Crippen molar-refractivity contribution >= 4 is 41.7 Å². The highest BCUT2D eigenvalue weighted by atomic mass is 35.5. The molecule has 1 heterocycles. The van der Waals surface area contributed by atoms with Gasteiger partial charge in [0.15, 0.2) is 0 Å². The second-order valence-corrected chi connectivity index (χ2v) is 11.0. The maximum atomic E-state index is 11.8. The number of hydrogen-bond acceptors (Lipinski definition) is 5. The molecule has 9 heteroatoms. The number of rotatable bonds is 6. The molecule has 0 radical (unpaired) electrons. The molecule has 4 N–H and O–H groups in total. The van der Waals surface area contributed by atoms with E-state index in [1.54, 1.807) is 6.20 Å². The van der Waals surface area contributed by atoms with Crippen molar-refractivity contribution in [2.75, 3.05) is 5.32 Å². The minimum absolute atomic E-state index is 0.177. The first-order valence-electron chi connectivity index (χ1n) is 11.0. The number of phosphoric ester groups is 1. The van der Waals surface area contributed by atoms with Crippen LogP contribution in [0.25, 0.3) is 10.9 Å². The molecule has 0 saturated carbocycles. The average Bonchev–Trinajstić information content (AvgIpc) is 2.72. The van der Waals surface area contributed by atoms with Gasteiger partial charge in [0, 0.05) is 51.2 Å². The molecule has 1 aromatic heterocycles. The zero-order valence-corrected chi connectivity index (χ0v) is 20.6. The van der Waals surface area contributed by atoms with E-state index in [0.29, 0.717) is 29.3 Å². The summed E-state index contributed by atoms with van der Waals surface area (Å²) in [4.78, 5) is 23.6. The summed E-state index contributed by atoms with van der Waals surface area (Å²) in [5.41, 5.74) is 5.02. The molecule has 176 valence electrons. The fourth-order valence-electron chi connectivity index (χ4n) is 4.19. The van der Waals surface area contributed by atoms with Crippen LogP contribution in [0.3, 0.4) is 0 Å². The average molecular weight is 490 g/mol. The highest BCUT2D eigenvalue weighted by molar-refractivity contribution is 7.46. The number of halogens is 1. The summed E-state index contributed by atoms with van der Waals surface area (Å²) in [7, 11) is -4.71. The molecule has 0 bridgehead atoms. The van der Waals surface area contributed by atoms with Gasteiger partial charge in [0.25, 0.3) is 0 Å². The number of hydrogen-bond donors (Lipinski definition) is 4. The molecule has 0 saturated heterocycles. The summed E-state index contributed by atoms with van der Waals surface area (Å²) in [6, 6.07) is 9.45. The van der Waals surface area contributed by atoms with Crippen molar-refractivity contribution < 1.29 is 18.9 Å². The summed E-state index contributed by atoms with van der Waals surface area (Å²) in [6.45, 7) is 6.54. The van der Waals surface area contributed by atoms with Crippen molar-refractivity contribution in [3.63, 3.8) is 0 Å². The number of anilines is 2. The molecule has 0 fully saturated rings. The van der Waals surface area contributed by atoms with E-state index in [9.17, 15) is 14.4 Å². The van der Waals surface area contributed by atoms with Crippen molar-refractivity contribution in [3.8, 4) is 5.75 Å². The fourth-order valence-corrected chi connectivity index (χ4v) is 4.82. The van der Waals surface area contributed by atoms with Gasteiger partial charge in [0.1, 0.15) is 5.75 Å². The van der Waals surface area contributed by atoms with Gasteiger partial charge in [0.05, 0.1) is 5.52 Å². The molecule has 0 unspecified atom stereocenters. The standard InChI is InChI=1S/C24H29ClN3O4P/c1-24(2,3)27-14-15-12-22(17-6-4-5-7-18(17)23(15)32-33(29,30)31)28-20-10-11-26-21-13-16(25)8-9-19(20)21/h8-13,27H,4-7,14H2,1-3H3,(H,26,28)(H2,29,30,31). The number of pyridine rings is 1. The van der Waals surface area contributed by atoms with Gasteiger partial charge in [-0.05, 0) is 82.3 Å². The molecule has 0 atom stereocenters. The Kier molecular flexibility index (Phi) is 6.72. The van der Waals surface area contributed by atoms with Crippen LogP contribution in [0.5, 0.6) is 5.75 Å². The first kappa shape index (κ1) is 24.0. The number of phosphoric acid groups is 1. The number of benzene rings is 2. The molecule has 4 rings (SSSR count). The van der Waals surface area contributed by atoms with Crippen LogP contribution >= 0.6 is 19.4 Å². The fraction of sp³-hybridized carbons (Fsp3) is 0.375. The second kappa shape index (κ2) is 9.24. The molecular weight excluding hydrogens is 461 g/mol. The summed E-state index contributed by atoms with van der Waals surface area (Å²) >= 11 is 6.14. The topological polar surface area (TPSA) is 104 Å². The smallest absolute Gasteiger partial charge is 0.404 e. The summed E-state index contributed by atoms with van der Waals surface area (Å²) in [5, 5.41) is 8.54. The predicted octanol–water partition coefficient (Wildman–Crippen LogP) is 5.87. The number of aromatic nitrogens is 1. The third-order valence-electron chi connectivity index (χ3n) is 5.67.